The maximum absolute atomic E-state index is 4.46. The predicted octanol–water partition coefficient (Wildman–Crippen LogP) is 2.26. The van der Waals surface area contributed by atoms with Gasteiger partial charge in [0.15, 0.2) is 0 Å². The number of aryl methyl sites for hydroxylation is 1. The molecular formula is C15H28N4. The summed E-state index contributed by atoms with van der Waals surface area (Å²) >= 11 is 0. The lowest BCUT2D eigenvalue weighted by Gasteiger charge is -2.32. The monoisotopic (exact) mass is 264 g/mol. The van der Waals surface area contributed by atoms with Crippen LogP contribution < -0.4 is 5.32 Å². The largest absolute Gasteiger partial charge is 0.334 e. The van der Waals surface area contributed by atoms with Crippen LogP contribution >= 0.6 is 0 Å². The SMILES string of the molecule is CCCNCc1nccn1CCC1CCCCN1C. The molecule has 0 amide bonds. The van der Waals surface area contributed by atoms with E-state index in [0.717, 1.165) is 25.7 Å². The van der Waals surface area contributed by atoms with Gasteiger partial charge in [-0.15, -0.1) is 0 Å². The minimum absolute atomic E-state index is 0.757. The molecule has 1 atom stereocenters. The first kappa shape index (κ1) is 14.5. The van der Waals surface area contributed by atoms with Crippen LogP contribution in [0.3, 0.4) is 0 Å². The average Bonchev–Trinajstić information content (AvgIpc) is 2.86. The van der Waals surface area contributed by atoms with Gasteiger partial charge in [0, 0.05) is 25.0 Å². The minimum atomic E-state index is 0.757. The van der Waals surface area contributed by atoms with Crippen molar-refractivity contribution in [2.24, 2.45) is 0 Å². The van der Waals surface area contributed by atoms with Crippen LogP contribution in [-0.2, 0) is 13.1 Å². The first-order valence-electron chi connectivity index (χ1n) is 7.72. The van der Waals surface area contributed by atoms with Crippen molar-refractivity contribution >= 4 is 0 Å². The van der Waals surface area contributed by atoms with E-state index in [-0.39, 0.29) is 0 Å². The van der Waals surface area contributed by atoms with Gasteiger partial charge in [0.25, 0.3) is 0 Å². The Hall–Kier alpha value is -0.870. The van der Waals surface area contributed by atoms with E-state index in [2.05, 4.69) is 39.9 Å². The lowest BCUT2D eigenvalue weighted by molar-refractivity contribution is 0.170. The first-order valence-corrected chi connectivity index (χ1v) is 7.72. The maximum atomic E-state index is 4.46. The lowest BCUT2D eigenvalue weighted by atomic mass is 10.0. The van der Waals surface area contributed by atoms with Crippen molar-refractivity contribution in [3.05, 3.63) is 18.2 Å². The summed E-state index contributed by atoms with van der Waals surface area (Å²) in [5.41, 5.74) is 0. The molecular weight excluding hydrogens is 236 g/mol. The van der Waals surface area contributed by atoms with Crippen molar-refractivity contribution in [3.8, 4) is 0 Å². The molecule has 19 heavy (non-hydrogen) atoms. The number of nitrogens with one attached hydrogen (secondary N) is 1. The molecule has 1 aromatic rings. The van der Waals surface area contributed by atoms with E-state index in [4.69, 9.17) is 0 Å². The molecule has 1 saturated heterocycles. The Bertz CT molecular complexity index is 361. The number of rotatable bonds is 7. The minimum Gasteiger partial charge on any atom is -0.334 e. The maximum Gasteiger partial charge on any atom is 0.122 e. The molecule has 0 radical (unpaired) electrons. The van der Waals surface area contributed by atoms with Gasteiger partial charge in [0.05, 0.1) is 6.54 Å². The van der Waals surface area contributed by atoms with Gasteiger partial charge in [0.1, 0.15) is 5.82 Å². The zero-order chi connectivity index (χ0) is 13.5. The molecule has 1 unspecified atom stereocenters. The Morgan fingerprint density at radius 1 is 1.42 bits per heavy atom. The van der Waals surface area contributed by atoms with Crippen LogP contribution in [0.2, 0.25) is 0 Å². The molecule has 2 heterocycles. The number of hydrogen-bond acceptors (Lipinski definition) is 3. The first-order chi connectivity index (χ1) is 9.31. The molecule has 0 bridgehead atoms. The highest BCUT2D eigenvalue weighted by molar-refractivity contribution is 4.92. The van der Waals surface area contributed by atoms with Crippen LogP contribution in [0.1, 0.15) is 44.9 Å². The second-order valence-corrected chi connectivity index (χ2v) is 5.63. The molecule has 1 aromatic heterocycles. The van der Waals surface area contributed by atoms with Crippen molar-refractivity contribution in [2.45, 2.75) is 58.2 Å². The van der Waals surface area contributed by atoms with Gasteiger partial charge in [-0.1, -0.05) is 13.3 Å². The fourth-order valence-electron chi connectivity index (χ4n) is 2.88. The topological polar surface area (TPSA) is 33.1 Å². The Morgan fingerprint density at radius 3 is 3.11 bits per heavy atom. The van der Waals surface area contributed by atoms with Gasteiger partial charge < -0.3 is 14.8 Å². The summed E-state index contributed by atoms with van der Waals surface area (Å²) < 4.78 is 2.31. The summed E-state index contributed by atoms with van der Waals surface area (Å²) in [7, 11) is 2.27. The van der Waals surface area contributed by atoms with Gasteiger partial charge in [-0.2, -0.15) is 0 Å². The third kappa shape index (κ3) is 4.32. The number of likely N-dealkylation sites (tertiary alicyclic amines) is 1. The standard InChI is InChI=1S/C15H28N4/c1-3-8-16-13-15-17-9-12-19(15)11-7-14-6-4-5-10-18(14)2/h9,12,14,16H,3-8,10-11,13H2,1-2H3. The van der Waals surface area contributed by atoms with Crippen LogP contribution in [0.15, 0.2) is 12.4 Å². The van der Waals surface area contributed by atoms with Crippen LogP contribution in [0.5, 0.6) is 0 Å². The Morgan fingerprint density at radius 2 is 2.32 bits per heavy atom. The van der Waals surface area contributed by atoms with Crippen LogP contribution in [0.25, 0.3) is 0 Å². The van der Waals surface area contributed by atoms with Gasteiger partial charge in [0.2, 0.25) is 0 Å². The van der Waals surface area contributed by atoms with Crippen molar-refractivity contribution in [1.29, 1.82) is 0 Å². The van der Waals surface area contributed by atoms with E-state index in [1.807, 2.05) is 6.20 Å². The van der Waals surface area contributed by atoms with E-state index in [1.54, 1.807) is 0 Å². The van der Waals surface area contributed by atoms with Crippen LogP contribution in [0, 0.1) is 0 Å². The summed E-state index contributed by atoms with van der Waals surface area (Å²) in [6.07, 6.45) is 10.6. The van der Waals surface area contributed by atoms with Crippen LogP contribution in [0.4, 0.5) is 0 Å². The molecule has 0 saturated carbocycles. The lowest BCUT2D eigenvalue weighted by Crippen LogP contribution is -2.36. The molecule has 0 aromatic carbocycles. The summed E-state index contributed by atoms with van der Waals surface area (Å²) in [6, 6.07) is 0.757. The van der Waals surface area contributed by atoms with Gasteiger partial charge in [-0.05, 0) is 45.8 Å². The second-order valence-electron chi connectivity index (χ2n) is 5.63. The average molecular weight is 264 g/mol. The number of nitrogens with zero attached hydrogens (tertiary/aromatic N) is 3. The molecule has 0 spiro atoms. The Balaban J connectivity index is 1.80. The highest BCUT2D eigenvalue weighted by atomic mass is 15.1. The Kier molecular flexibility index (Phi) is 5.86. The fourth-order valence-corrected chi connectivity index (χ4v) is 2.88. The summed E-state index contributed by atoms with van der Waals surface area (Å²) in [6.45, 7) is 6.51. The quantitative estimate of drug-likeness (QED) is 0.767. The molecule has 0 aliphatic carbocycles. The summed E-state index contributed by atoms with van der Waals surface area (Å²) in [4.78, 5) is 6.98. The van der Waals surface area contributed by atoms with Gasteiger partial charge in [-0.25, -0.2) is 4.98 Å². The van der Waals surface area contributed by atoms with Crippen molar-refractivity contribution in [2.75, 3.05) is 20.1 Å². The third-order valence-electron chi connectivity index (χ3n) is 4.14. The number of aromatic nitrogens is 2. The molecule has 1 aliphatic heterocycles. The highest BCUT2D eigenvalue weighted by Crippen LogP contribution is 2.18. The second kappa shape index (κ2) is 7.65. The molecule has 108 valence electrons. The summed E-state index contributed by atoms with van der Waals surface area (Å²) in [5.74, 6) is 1.17. The molecule has 1 fully saturated rings. The van der Waals surface area contributed by atoms with E-state index in [1.165, 1.54) is 44.5 Å². The van der Waals surface area contributed by atoms with E-state index in [0.29, 0.717) is 0 Å². The number of piperidine rings is 1. The fraction of sp³-hybridized carbons (Fsp3) is 0.800. The number of hydrogen-bond donors (Lipinski definition) is 1. The van der Waals surface area contributed by atoms with Crippen molar-refractivity contribution in [1.82, 2.24) is 19.8 Å². The van der Waals surface area contributed by atoms with E-state index in [9.17, 15) is 0 Å². The van der Waals surface area contributed by atoms with E-state index >= 15 is 0 Å². The zero-order valence-corrected chi connectivity index (χ0v) is 12.4. The normalized spacial score (nSPS) is 20.8. The zero-order valence-electron chi connectivity index (χ0n) is 12.4. The molecule has 4 nitrogen and oxygen atoms in total. The number of imidazole rings is 1. The van der Waals surface area contributed by atoms with E-state index < -0.39 is 0 Å². The van der Waals surface area contributed by atoms with Crippen LogP contribution in [-0.4, -0.2) is 40.6 Å². The van der Waals surface area contributed by atoms with Gasteiger partial charge >= 0.3 is 0 Å². The molecule has 1 N–H and O–H groups in total. The molecule has 2 rings (SSSR count). The third-order valence-corrected chi connectivity index (χ3v) is 4.14. The molecule has 1 aliphatic rings. The predicted molar refractivity (Wildman–Crippen MR) is 79.1 cm³/mol. The highest BCUT2D eigenvalue weighted by Gasteiger charge is 2.18. The summed E-state index contributed by atoms with van der Waals surface area (Å²) in [5, 5.41) is 3.43. The van der Waals surface area contributed by atoms with Crippen molar-refractivity contribution in [3.63, 3.8) is 0 Å². The van der Waals surface area contributed by atoms with Crippen molar-refractivity contribution < 1.29 is 0 Å². The smallest absolute Gasteiger partial charge is 0.122 e. The Labute approximate surface area is 117 Å². The van der Waals surface area contributed by atoms with Gasteiger partial charge in [-0.3, -0.25) is 0 Å². The molecule has 4 heteroatoms.